The van der Waals surface area contributed by atoms with E-state index < -0.39 is 24.0 Å². The van der Waals surface area contributed by atoms with Crippen LogP contribution in [-0.2, 0) is 14.3 Å². The molecule has 0 aliphatic carbocycles. The number of aliphatic hydroxyl groups is 1. The standard InChI is InChI=1S/C15H26O5/c1-4-5-6-7-8-9-10-12(16)13(15(19)20-3)11(2)14(17)18/h12-13,16H,2,4-10H2,1,3H3,(H,17,18)/t12-,13+/m1/s1. The molecule has 0 aliphatic heterocycles. The van der Waals surface area contributed by atoms with Crippen LogP contribution in [0.1, 0.15) is 51.9 Å². The first-order chi connectivity index (χ1) is 9.45. The number of esters is 1. The molecule has 0 saturated carbocycles. The number of hydrogen-bond donors (Lipinski definition) is 2. The molecule has 0 aliphatic rings. The highest BCUT2D eigenvalue weighted by Gasteiger charge is 2.33. The summed E-state index contributed by atoms with van der Waals surface area (Å²) in [4.78, 5) is 22.5. The number of carboxylic acids is 1. The number of aliphatic hydroxyl groups excluding tert-OH is 1. The Labute approximate surface area is 120 Å². The molecule has 0 radical (unpaired) electrons. The first-order valence-electron chi connectivity index (χ1n) is 7.13. The Morgan fingerprint density at radius 3 is 2.20 bits per heavy atom. The maximum Gasteiger partial charge on any atom is 0.331 e. The number of carbonyl (C=O) groups excluding carboxylic acids is 1. The van der Waals surface area contributed by atoms with Gasteiger partial charge in [0, 0.05) is 5.57 Å². The fourth-order valence-electron chi connectivity index (χ4n) is 2.09. The number of aliphatic carboxylic acids is 1. The van der Waals surface area contributed by atoms with Crippen LogP contribution in [0.3, 0.4) is 0 Å². The van der Waals surface area contributed by atoms with Crippen LogP contribution in [0, 0.1) is 5.92 Å². The molecule has 5 nitrogen and oxygen atoms in total. The zero-order valence-corrected chi connectivity index (χ0v) is 12.4. The van der Waals surface area contributed by atoms with Crippen molar-refractivity contribution in [1.29, 1.82) is 0 Å². The molecule has 0 heterocycles. The van der Waals surface area contributed by atoms with Gasteiger partial charge in [0.05, 0.1) is 13.2 Å². The van der Waals surface area contributed by atoms with Gasteiger partial charge in [-0.15, -0.1) is 0 Å². The summed E-state index contributed by atoms with van der Waals surface area (Å²) in [5.74, 6) is -3.23. The molecule has 116 valence electrons. The lowest BCUT2D eigenvalue weighted by Crippen LogP contribution is -2.33. The third kappa shape index (κ3) is 6.70. The van der Waals surface area contributed by atoms with Crippen molar-refractivity contribution < 1.29 is 24.5 Å². The minimum absolute atomic E-state index is 0.324. The van der Waals surface area contributed by atoms with Crippen molar-refractivity contribution in [1.82, 2.24) is 0 Å². The average Bonchev–Trinajstić information content (AvgIpc) is 2.42. The molecule has 5 heteroatoms. The van der Waals surface area contributed by atoms with E-state index in [9.17, 15) is 14.7 Å². The minimum atomic E-state index is -1.29. The first-order valence-corrected chi connectivity index (χ1v) is 7.13. The fraction of sp³-hybridized carbons (Fsp3) is 0.733. The van der Waals surface area contributed by atoms with Crippen molar-refractivity contribution in [3.05, 3.63) is 12.2 Å². The molecule has 0 aromatic heterocycles. The van der Waals surface area contributed by atoms with Crippen LogP contribution in [0.25, 0.3) is 0 Å². The van der Waals surface area contributed by atoms with Crippen molar-refractivity contribution in [3.63, 3.8) is 0 Å². The summed E-state index contributed by atoms with van der Waals surface area (Å²) in [5, 5.41) is 18.9. The first kappa shape index (κ1) is 18.6. The van der Waals surface area contributed by atoms with Gasteiger partial charge in [-0.25, -0.2) is 4.79 Å². The van der Waals surface area contributed by atoms with E-state index in [2.05, 4.69) is 18.2 Å². The summed E-state index contributed by atoms with van der Waals surface area (Å²) >= 11 is 0. The van der Waals surface area contributed by atoms with Gasteiger partial charge < -0.3 is 14.9 Å². The molecular weight excluding hydrogens is 260 g/mol. The predicted octanol–water partition coefficient (Wildman–Crippen LogP) is 2.53. The number of hydrogen-bond acceptors (Lipinski definition) is 4. The Kier molecular flexibility index (Phi) is 9.72. The largest absolute Gasteiger partial charge is 0.478 e. The quantitative estimate of drug-likeness (QED) is 0.346. The average molecular weight is 286 g/mol. The number of carboxylic acid groups (broad SMARTS) is 1. The molecule has 2 N–H and O–H groups in total. The molecule has 0 saturated heterocycles. The van der Waals surface area contributed by atoms with Crippen LogP contribution in [0.4, 0.5) is 0 Å². The van der Waals surface area contributed by atoms with Gasteiger partial charge in [0.1, 0.15) is 5.92 Å². The molecule has 0 rings (SSSR count). The Balaban J connectivity index is 4.28. The van der Waals surface area contributed by atoms with Crippen molar-refractivity contribution in [2.24, 2.45) is 5.92 Å². The highest BCUT2D eigenvalue weighted by atomic mass is 16.5. The molecular formula is C15H26O5. The maximum atomic E-state index is 11.6. The molecule has 0 bridgehead atoms. The predicted molar refractivity (Wildman–Crippen MR) is 76.3 cm³/mol. The van der Waals surface area contributed by atoms with E-state index in [4.69, 9.17) is 5.11 Å². The smallest absolute Gasteiger partial charge is 0.331 e. The summed E-state index contributed by atoms with van der Waals surface area (Å²) in [7, 11) is 1.17. The Hall–Kier alpha value is -1.36. The van der Waals surface area contributed by atoms with Crippen LogP contribution >= 0.6 is 0 Å². The van der Waals surface area contributed by atoms with Crippen LogP contribution in [0.5, 0.6) is 0 Å². The third-order valence-electron chi connectivity index (χ3n) is 3.34. The number of methoxy groups -OCH3 is 1. The Morgan fingerprint density at radius 2 is 1.70 bits per heavy atom. The summed E-state index contributed by atoms with van der Waals surface area (Å²) < 4.78 is 4.54. The van der Waals surface area contributed by atoms with E-state index in [0.29, 0.717) is 6.42 Å². The van der Waals surface area contributed by atoms with Gasteiger partial charge in [0.15, 0.2) is 0 Å². The van der Waals surface area contributed by atoms with Gasteiger partial charge >= 0.3 is 11.9 Å². The van der Waals surface area contributed by atoms with Crippen molar-refractivity contribution in [2.45, 2.75) is 58.0 Å². The van der Waals surface area contributed by atoms with Crippen LogP contribution in [0.15, 0.2) is 12.2 Å². The topological polar surface area (TPSA) is 83.8 Å². The zero-order valence-electron chi connectivity index (χ0n) is 12.4. The van der Waals surface area contributed by atoms with E-state index in [1.165, 1.54) is 20.0 Å². The van der Waals surface area contributed by atoms with Gasteiger partial charge in [-0.05, 0) is 6.42 Å². The highest BCUT2D eigenvalue weighted by Crippen LogP contribution is 2.21. The van der Waals surface area contributed by atoms with Crippen LogP contribution in [0.2, 0.25) is 0 Å². The SMILES string of the molecule is C=C(C(=O)O)[C@H](C(=O)OC)[C@H](O)CCCCCCCC. The maximum absolute atomic E-state index is 11.6. The Morgan fingerprint density at radius 1 is 1.15 bits per heavy atom. The second-order valence-corrected chi connectivity index (χ2v) is 4.96. The lowest BCUT2D eigenvalue weighted by atomic mass is 9.90. The van der Waals surface area contributed by atoms with Crippen molar-refractivity contribution in [2.75, 3.05) is 7.11 Å². The molecule has 0 aromatic rings. The summed E-state index contributed by atoms with van der Waals surface area (Å²) in [6.45, 7) is 5.49. The van der Waals surface area contributed by atoms with Gasteiger partial charge in [-0.1, -0.05) is 52.0 Å². The summed E-state index contributed by atoms with van der Waals surface area (Å²) in [5.41, 5.74) is -0.324. The number of unbranched alkanes of at least 4 members (excludes halogenated alkanes) is 5. The monoisotopic (exact) mass is 286 g/mol. The molecule has 0 fully saturated rings. The lowest BCUT2D eigenvalue weighted by Gasteiger charge is -2.20. The molecule has 2 atom stereocenters. The van der Waals surface area contributed by atoms with Gasteiger partial charge in [0.2, 0.25) is 0 Å². The fourth-order valence-corrected chi connectivity index (χ4v) is 2.09. The van der Waals surface area contributed by atoms with E-state index >= 15 is 0 Å². The van der Waals surface area contributed by atoms with Crippen LogP contribution in [-0.4, -0.2) is 35.4 Å². The van der Waals surface area contributed by atoms with Crippen molar-refractivity contribution >= 4 is 11.9 Å². The number of ether oxygens (including phenoxy) is 1. The third-order valence-corrected chi connectivity index (χ3v) is 3.34. The highest BCUT2D eigenvalue weighted by molar-refractivity contribution is 5.94. The van der Waals surface area contributed by atoms with E-state index in [1.54, 1.807) is 0 Å². The molecule has 0 amide bonds. The number of rotatable bonds is 11. The Bertz CT molecular complexity index is 324. The van der Waals surface area contributed by atoms with Gasteiger partial charge in [-0.2, -0.15) is 0 Å². The summed E-state index contributed by atoms with van der Waals surface area (Å²) in [6, 6.07) is 0. The molecule has 0 aromatic carbocycles. The number of carbonyl (C=O) groups is 2. The molecule has 0 unspecified atom stereocenters. The lowest BCUT2D eigenvalue weighted by molar-refractivity contribution is -0.150. The zero-order chi connectivity index (χ0) is 15.5. The molecule has 20 heavy (non-hydrogen) atoms. The van der Waals surface area contributed by atoms with E-state index in [1.807, 2.05) is 0 Å². The summed E-state index contributed by atoms with van der Waals surface area (Å²) in [6.07, 6.45) is 5.65. The van der Waals surface area contributed by atoms with Crippen molar-refractivity contribution in [3.8, 4) is 0 Å². The van der Waals surface area contributed by atoms with Crippen LogP contribution < -0.4 is 0 Å². The van der Waals surface area contributed by atoms with Gasteiger partial charge in [0.25, 0.3) is 0 Å². The molecule has 0 spiro atoms. The van der Waals surface area contributed by atoms with Gasteiger partial charge in [-0.3, -0.25) is 4.79 Å². The second kappa shape index (κ2) is 10.4. The minimum Gasteiger partial charge on any atom is -0.478 e. The van der Waals surface area contributed by atoms with E-state index in [0.717, 1.165) is 25.7 Å². The van der Waals surface area contributed by atoms with E-state index in [-0.39, 0.29) is 5.57 Å². The normalized spacial score (nSPS) is 13.6. The second-order valence-electron chi connectivity index (χ2n) is 4.96.